The number of rotatable bonds is 3. The molecule has 72 valence electrons. The molecule has 1 aliphatic rings. The van der Waals surface area contributed by atoms with Gasteiger partial charge in [0.15, 0.2) is 0 Å². The predicted octanol–water partition coefficient (Wildman–Crippen LogP) is -0.513. The molecule has 1 unspecified atom stereocenters. The average molecular weight is 192 g/mol. The Morgan fingerprint density at radius 2 is 2.17 bits per heavy atom. The van der Waals surface area contributed by atoms with Gasteiger partial charge in [0, 0.05) is 14.1 Å². The summed E-state index contributed by atoms with van der Waals surface area (Å²) >= 11 is 0. The molecule has 0 amide bonds. The summed E-state index contributed by atoms with van der Waals surface area (Å²) in [6.07, 6.45) is 0.979. The summed E-state index contributed by atoms with van der Waals surface area (Å²) in [7, 11) is 0.174. The highest BCUT2D eigenvalue weighted by Gasteiger charge is 2.23. The second kappa shape index (κ2) is 3.72. The van der Waals surface area contributed by atoms with Gasteiger partial charge in [-0.3, -0.25) is 0 Å². The lowest BCUT2D eigenvalue weighted by molar-refractivity contribution is 0.504. The Bertz CT molecular complexity index is 230. The van der Waals surface area contributed by atoms with Crippen molar-refractivity contribution in [1.29, 1.82) is 0 Å². The Balaban J connectivity index is 2.49. The summed E-state index contributed by atoms with van der Waals surface area (Å²) in [5, 5.41) is 3.15. The molecule has 1 heterocycles. The highest BCUT2D eigenvalue weighted by atomic mass is 32.2. The molecule has 1 fully saturated rings. The van der Waals surface area contributed by atoms with E-state index in [1.54, 1.807) is 14.1 Å². The molecule has 1 N–H and O–H groups in total. The summed E-state index contributed by atoms with van der Waals surface area (Å²) < 4.78 is 24.1. The van der Waals surface area contributed by atoms with Crippen molar-refractivity contribution in [1.82, 2.24) is 9.62 Å². The second-order valence-corrected chi connectivity index (χ2v) is 5.65. The van der Waals surface area contributed by atoms with Crippen molar-refractivity contribution < 1.29 is 8.42 Å². The van der Waals surface area contributed by atoms with E-state index < -0.39 is 10.0 Å². The van der Waals surface area contributed by atoms with E-state index >= 15 is 0 Å². The van der Waals surface area contributed by atoms with Crippen LogP contribution in [0, 0.1) is 5.92 Å². The van der Waals surface area contributed by atoms with Gasteiger partial charge in [0.25, 0.3) is 0 Å². The minimum atomic E-state index is -2.99. The third-order valence-corrected chi connectivity index (χ3v) is 4.17. The first-order valence-corrected chi connectivity index (χ1v) is 5.74. The van der Waals surface area contributed by atoms with Crippen molar-refractivity contribution in [2.24, 2.45) is 5.92 Å². The van der Waals surface area contributed by atoms with Gasteiger partial charge in [-0.05, 0) is 25.4 Å². The van der Waals surface area contributed by atoms with E-state index in [-0.39, 0.29) is 5.75 Å². The van der Waals surface area contributed by atoms with E-state index in [4.69, 9.17) is 0 Å². The molecule has 12 heavy (non-hydrogen) atoms. The Morgan fingerprint density at radius 3 is 2.58 bits per heavy atom. The zero-order valence-electron chi connectivity index (χ0n) is 7.58. The number of hydrogen-bond donors (Lipinski definition) is 1. The molecule has 0 saturated carbocycles. The van der Waals surface area contributed by atoms with Crippen LogP contribution in [0.2, 0.25) is 0 Å². The van der Waals surface area contributed by atoms with E-state index in [1.165, 1.54) is 4.31 Å². The largest absolute Gasteiger partial charge is 0.316 e. The van der Waals surface area contributed by atoms with Crippen molar-refractivity contribution in [3.05, 3.63) is 0 Å². The van der Waals surface area contributed by atoms with E-state index in [2.05, 4.69) is 5.32 Å². The lowest BCUT2D eigenvalue weighted by Crippen LogP contribution is -2.29. The maximum atomic E-state index is 11.4. The maximum Gasteiger partial charge on any atom is 0.213 e. The van der Waals surface area contributed by atoms with E-state index in [9.17, 15) is 8.42 Å². The van der Waals surface area contributed by atoms with Crippen molar-refractivity contribution in [2.75, 3.05) is 32.9 Å². The minimum absolute atomic E-state index is 0.285. The molecule has 1 rings (SSSR count). The highest BCUT2D eigenvalue weighted by molar-refractivity contribution is 7.89. The van der Waals surface area contributed by atoms with Crippen LogP contribution in [0.15, 0.2) is 0 Å². The van der Waals surface area contributed by atoms with E-state index in [1.807, 2.05) is 0 Å². The third-order valence-electron chi connectivity index (χ3n) is 2.17. The van der Waals surface area contributed by atoms with Crippen molar-refractivity contribution in [2.45, 2.75) is 6.42 Å². The molecule has 1 saturated heterocycles. The van der Waals surface area contributed by atoms with Gasteiger partial charge < -0.3 is 5.32 Å². The molecule has 0 aromatic rings. The van der Waals surface area contributed by atoms with Gasteiger partial charge in [-0.2, -0.15) is 0 Å². The Morgan fingerprint density at radius 1 is 1.50 bits per heavy atom. The summed E-state index contributed by atoms with van der Waals surface area (Å²) in [5.41, 5.74) is 0. The molecular formula is C7H16N2O2S. The quantitative estimate of drug-likeness (QED) is 0.655. The zero-order chi connectivity index (χ0) is 9.19. The van der Waals surface area contributed by atoms with Gasteiger partial charge >= 0.3 is 0 Å². The fraction of sp³-hybridized carbons (Fsp3) is 1.00. The maximum absolute atomic E-state index is 11.4. The van der Waals surface area contributed by atoms with Crippen LogP contribution in [0.4, 0.5) is 0 Å². The monoisotopic (exact) mass is 192 g/mol. The summed E-state index contributed by atoms with van der Waals surface area (Å²) in [6.45, 7) is 1.79. The minimum Gasteiger partial charge on any atom is -0.316 e. The molecule has 4 nitrogen and oxygen atoms in total. The van der Waals surface area contributed by atoms with Gasteiger partial charge in [-0.15, -0.1) is 0 Å². The molecule has 1 aliphatic heterocycles. The molecule has 0 aliphatic carbocycles. The normalized spacial score (nSPS) is 25.1. The molecule has 1 atom stereocenters. The van der Waals surface area contributed by atoms with Gasteiger partial charge in [-0.1, -0.05) is 0 Å². The standard InChI is InChI=1S/C7H16N2O2S/c1-9(2)12(10,11)6-7-3-4-8-5-7/h7-8H,3-6H2,1-2H3. The Kier molecular flexibility index (Phi) is 3.09. The number of nitrogens with one attached hydrogen (secondary N) is 1. The van der Waals surface area contributed by atoms with Gasteiger partial charge in [0.1, 0.15) is 0 Å². The molecule has 0 bridgehead atoms. The second-order valence-electron chi connectivity index (χ2n) is 3.42. The molecule has 0 radical (unpaired) electrons. The van der Waals surface area contributed by atoms with Gasteiger partial charge in [-0.25, -0.2) is 12.7 Å². The first-order chi connectivity index (χ1) is 5.52. The summed E-state index contributed by atoms with van der Waals surface area (Å²) in [6, 6.07) is 0. The van der Waals surface area contributed by atoms with Crippen molar-refractivity contribution in [3.8, 4) is 0 Å². The molecule has 0 spiro atoms. The Labute approximate surface area is 74.0 Å². The van der Waals surface area contributed by atoms with Crippen LogP contribution in [0.1, 0.15) is 6.42 Å². The molecular weight excluding hydrogens is 176 g/mol. The van der Waals surface area contributed by atoms with Crippen LogP contribution < -0.4 is 5.32 Å². The van der Waals surface area contributed by atoms with Gasteiger partial charge in [0.2, 0.25) is 10.0 Å². The van der Waals surface area contributed by atoms with Crippen LogP contribution in [-0.4, -0.2) is 45.7 Å². The third kappa shape index (κ3) is 2.43. The van der Waals surface area contributed by atoms with Crippen LogP contribution in [0.5, 0.6) is 0 Å². The molecule has 0 aromatic heterocycles. The van der Waals surface area contributed by atoms with Crippen LogP contribution in [0.25, 0.3) is 0 Å². The fourth-order valence-electron chi connectivity index (χ4n) is 1.30. The summed E-state index contributed by atoms with van der Waals surface area (Å²) in [4.78, 5) is 0. The van der Waals surface area contributed by atoms with Crippen molar-refractivity contribution in [3.63, 3.8) is 0 Å². The topological polar surface area (TPSA) is 49.4 Å². The summed E-state index contributed by atoms with van der Waals surface area (Å²) in [5.74, 6) is 0.588. The highest BCUT2D eigenvalue weighted by Crippen LogP contribution is 2.11. The first-order valence-electron chi connectivity index (χ1n) is 4.13. The lowest BCUT2D eigenvalue weighted by atomic mass is 10.2. The average Bonchev–Trinajstić information content (AvgIpc) is 2.38. The smallest absolute Gasteiger partial charge is 0.213 e. The Hall–Kier alpha value is -0.130. The predicted molar refractivity (Wildman–Crippen MR) is 48.5 cm³/mol. The fourth-order valence-corrected chi connectivity index (χ4v) is 2.48. The lowest BCUT2D eigenvalue weighted by Gasteiger charge is -2.14. The van der Waals surface area contributed by atoms with Crippen LogP contribution in [-0.2, 0) is 10.0 Å². The number of nitrogens with zero attached hydrogens (tertiary/aromatic N) is 1. The van der Waals surface area contributed by atoms with Crippen molar-refractivity contribution >= 4 is 10.0 Å². The van der Waals surface area contributed by atoms with E-state index in [0.29, 0.717) is 5.92 Å². The van der Waals surface area contributed by atoms with Crippen LogP contribution >= 0.6 is 0 Å². The number of hydrogen-bond acceptors (Lipinski definition) is 3. The van der Waals surface area contributed by atoms with Gasteiger partial charge in [0.05, 0.1) is 5.75 Å². The van der Waals surface area contributed by atoms with E-state index in [0.717, 1.165) is 19.5 Å². The zero-order valence-corrected chi connectivity index (χ0v) is 8.39. The molecule has 0 aromatic carbocycles. The van der Waals surface area contributed by atoms with Crippen LogP contribution in [0.3, 0.4) is 0 Å². The SMILES string of the molecule is CN(C)S(=O)(=O)CC1CCNC1. The number of sulfonamides is 1. The first kappa shape index (κ1) is 9.95. The molecule has 5 heteroatoms.